The molecule has 0 aliphatic heterocycles. The molecule has 2 N–H and O–H groups in total. The van der Waals surface area contributed by atoms with Crippen LogP contribution in [0.25, 0.3) is 0 Å². The van der Waals surface area contributed by atoms with E-state index in [0.717, 1.165) is 25.3 Å². The van der Waals surface area contributed by atoms with Gasteiger partial charge in [0.2, 0.25) is 5.91 Å². The van der Waals surface area contributed by atoms with Gasteiger partial charge >= 0.3 is 0 Å². The zero-order valence-corrected chi connectivity index (χ0v) is 11.6. The molecule has 0 aromatic carbocycles. The van der Waals surface area contributed by atoms with Gasteiger partial charge in [0.05, 0.1) is 6.04 Å². The molecule has 1 aliphatic carbocycles. The molecule has 1 atom stereocenters. The lowest BCUT2D eigenvalue weighted by Crippen LogP contribution is -2.47. The monoisotopic (exact) mass is 240 g/mol. The van der Waals surface area contributed by atoms with Crippen molar-refractivity contribution >= 4 is 5.91 Å². The molecule has 1 amide bonds. The molecule has 1 rings (SSSR count). The van der Waals surface area contributed by atoms with Crippen LogP contribution in [-0.2, 0) is 4.79 Å². The van der Waals surface area contributed by atoms with Crippen molar-refractivity contribution in [2.45, 2.75) is 71.4 Å². The predicted octanol–water partition coefficient (Wildman–Crippen LogP) is 2.54. The first-order chi connectivity index (χ1) is 8.06. The molecule has 1 fully saturated rings. The molecule has 0 spiro atoms. The van der Waals surface area contributed by atoms with Crippen LogP contribution in [0.15, 0.2) is 0 Å². The number of unbranched alkanes of at least 4 members (excludes halogenated alkanes) is 2. The Morgan fingerprint density at radius 3 is 2.47 bits per heavy atom. The summed E-state index contributed by atoms with van der Waals surface area (Å²) < 4.78 is 0. The van der Waals surface area contributed by atoms with Gasteiger partial charge in [-0.3, -0.25) is 4.79 Å². The number of nitrogens with two attached hydrogens (primary N) is 1. The average molecular weight is 240 g/mol. The molecular formula is C14H28N2O. The van der Waals surface area contributed by atoms with Crippen LogP contribution < -0.4 is 5.73 Å². The van der Waals surface area contributed by atoms with Crippen molar-refractivity contribution in [2.75, 3.05) is 6.54 Å². The van der Waals surface area contributed by atoms with E-state index < -0.39 is 0 Å². The summed E-state index contributed by atoms with van der Waals surface area (Å²) in [6.45, 7) is 7.20. The molecule has 0 heterocycles. The molecule has 0 radical (unpaired) electrons. The van der Waals surface area contributed by atoms with Crippen molar-refractivity contribution in [2.24, 2.45) is 11.7 Å². The number of amides is 1. The van der Waals surface area contributed by atoms with Crippen molar-refractivity contribution in [3.8, 4) is 0 Å². The lowest BCUT2D eigenvalue weighted by Gasteiger charge is -2.29. The predicted molar refractivity (Wildman–Crippen MR) is 71.7 cm³/mol. The number of hydrogen-bond donors (Lipinski definition) is 1. The standard InChI is InChI=1S/C14H28N2O/c1-4-5-6-9-16(11(2)3)14(17)13(15)10-12-7-8-12/h11-13H,4-10,15H2,1-3H3/t13-/m0/s1. The normalized spacial score (nSPS) is 17.2. The van der Waals surface area contributed by atoms with E-state index in [9.17, 15) is 4.79 Å². The summed E-state index contributed by atoms with van der Waals surface area (Å²) in [4.78, 5) is 14.2. The summed E-state index contributed by atoms with van der Waals surface area (Å²) in [5, 5.41) is 0. The Morgan fingerprint density at radius 2 is 2.00 bits per heavy atom. The molecule has 3 nitrogen and oxygen atoms in total. The maximum Gasteiger partial charge on any atom is 0.239 e. The van der Waals surface area contributed by atoms with E-state index >= 15 is 0 Å². The Bertz CT molecular complexity index is 236. The fraction of sp³-hybridized carbons (Fsp3) is 0.929. The number of hydrogen-bond acceptors (Lipinski definition) is 2. The van der Waals surface area contributed by atoms with Crippen molar-refractivity contribution in [1.29, 1.82) is 0 Å². The summed E-state index contributed by atoms with van der Waals surface area (Å²) in [5.41, 5.74) is 6.01. The minimum absolute atomic E-state index is 0.156. The fourth-order valence-electron chi connectivity index (χ4n) is 2.18. The zero-order chi connectivity index (χ0) is 12.8. The van der Waals surface area contributed by atoms with Gasteiger partial charge in [-0.2, -0.15) is 0 Å². The number of carbonyl (C=O) groups excluding carboxylic acids is 1. The SMILES string of the molecule is CCCCCN(C(=O)[C@@H](N)CC1CC1)C(C)C. The van der Waals surface area contributed by atoms with E-state index in [1.165, 1.54) is 25.7 Å². The Morgan fingerprint density at radius 1 is 1.35 bits per heavy atom. The largest absolute Gasteiger partial charge is 0.339 e. The topological polar surface area (TPSA) is 46.3 Å². The maximum atomic E-state index is 12.2. The summed E-state index contributed by atoms with van der Waals surface area (Å²) in [6.07, 6.45) is 6.88. The van der Waals surface area contributed by atoms with Crippen molar-refractivity contribution in [1.82, 2.24) is 4.90 Å². The highest BCUT2D eigenvalue weighted by Crippen LogP contribution is 2.33. The van der Waals surface area contributed by atoms with E-state index in [1.54, 1.807) is 0 Å². The minimum atomic E-state index is -0.272. The average Bonchev–Trinajstić information content (AvgIpc) is 3.07. The lowest BCUT2D eigenvalue weighted by atomic mass is 10.1. The Hall–Kier alpha value is -0.570. The van der Waals surface area contributed by atoms with Crippen LogP contribution in [0.1, 0.15) is 59.3 Å². The minimum Gasteiger partial charge on any atom is -0.339 e. The third kappa shape index (κ3) is 5.07. The summed E-state index contributed by atoms with van der Waals surface area (Å²) in [7, 11) is 0. The highest BCUT2D eigenvalue weighted by molar-refractivity contribution is 5.81. The van der Waals surface area contributed by atoms with Gasteiger partial charge in [0, 0.05) is 12.6 Å². The van der Waals surface area contributed by atoms with E-state index in [2.05, 4.69) is 20.8 Å². The quantitative estimate of drug-likeness (QED) is 0.663. The van der Waals surface area contributed by atoms with Crippen LogP contribution in [0, 0.1) is 5.92 Å². The van der Waals surface area contributed by atoms with E-state index in [1.807, 2.05) is 4.90 Å². The van der Waals surface area contributed by atoms with Crippen LogP contribution in [0.3, 0.4) is 0 Å². The molecule has 0 saturated heterocycles. The van der Waals surface area contributed by atoms with Crippen LogP contribution in [0.4, 0.5) is 0 Å². The fourth-order valence-corrected chi connectivity index (χ4v) is 2.18. The zero-order valence-electron chi connectivity index (χ0n) is 11.6. The van der Waals surface area contributed by atoms with E-state index in [0.29, 0.717) is 0 Å². The van der Waals surface area contributed by atoms with Crippen LogP contribution in [-0.4, -0.2) is 29.4 Å². The Balaban J connectivity index is 2.40. The summed E-state index contributed by atoms with van der Waals surface area (Å²) in [6, 6.07) is -0.00358. The van der Waals surface area contributed by atoms with E-state index in [4.69, 9.17) is 5.73 Å². The number of rotatable bonds is 8. The molecule has 0 aromatic rings. The van der Waals surface area contributed by atoms with Gasteiger partial charge in [0.1, 0.15) is 0 Å². The van der Waals surface area contributed by atoms with Crippen molar-refractivity contribution in [3.05, 3.63) is 0 Å². The van der Waals surface area contributed by atoms with Gasteiger partial charge in [-0.25, -0.2) is 0 Å². The molecule has 0 bridgehead atoms. The molecule has 100 valence electrons. The van der Waals surface area contributed by atoms with Crippen LogP contribution >= 0.6 is 0 Å². The second-order valence-electron chi connectivity index (χ2n) is 5.62. The maximum absolute atomic E-state index is 12.2. The second kappa shape index (κ2) is 7.00. The highest BCUT2D eigenvalue weighted by atomic mass is 16.2. The van der Waals surface area contributed by atoms with Crippen LogP contribution in [0.5, 0.6) is 0 Å². The van der Waals surface area contributed by atoms with E-state index in [-0.39, 0.29) is 18.0 Å². The van der Waals surface area contributed by atoms with Gasteiger partial charge < -0.3 is 10.6 Å². The van der Waals surface area contributed by atoms with Gasteiger partial charge in [-0.05, 0) is 32.6 Å². The van der Waals surface area contributed by atoms with Gasteiger partial charge in [0.15, 0.2) is 0 Å². The lowest BCUT2D eigenvalue weighted by molar-refractivity contribution is -0.134. The molecule has 1 saturated carbocycles. The molecular weight excluding hydrogens is 212 g/mol. The van der Waals surface area contributed by atoms with Gasteiger partial charge in [-0.15, -0.1) is 0 Å². The summed E-state index contributed by atoms with van der Waals surface area (Å²) in [5.74, 6) is 0.876. The molecule has 0 unspecified atom stereocenters. The molecule has 17 heavy (non-hydrogen) atoms. The first kappa shape index (κ1) is 14.5. The number of nitrogens with zero attached hydrogens (tertiary/aromatic N) is 1. The third-order valence-corrected chi connectivity index (χ3v) is 3.51. The second-order valence-corrected chi connectivity index (χ2v) is 5.62. The highest BCUT2D eigenvalue weighted by Gasteiger charge is 2.29. The van der Waals surface area contributed by atoms with Gasteiger partial charge in [0.25, 0.3) is 0 Å². The first-order valence-electron chi connectivity index (χ1n) is 7.12. The number of carbonyl (C=O) groups is 1. The smallest absolute Gasteiger partial charge is 0.239 e. The Kier molecular flexibility index (Phi) is 5.96. The molecule has 3 heteroatoms. The third-order valence-electron chi connectivity index (χ3n) is 3.51. The van der Waals surface area contributed by atoms with Crippen LogP contribution in [0.2, 0.25) is 0 Å². The van der Waals surface area contributed by atoms with Crippen molar-refractivity contribution < 1.29 is 4.79 Å². The first-order valence-corrected chi connectivity index (χ1v) is 7.12. The Labute approximate surface area is 106 Å². The molecule has 0 aromatic heterocycles. The van der Waals surface area contributed by atoms with Gasteiger partial charge in [-0.1, -0.05) is 32.6 Å². The van der Waals surface area contributed by atoms with Crippen molar-refractivity contribution in [3.63, 3.8) is 0 Å². The summed E-state index contributed by atoms with van der Waals surface area (Å²) >= 11 is 0. The molecule has 1 aliphatic rings.